The van der Waals surface area contributed by atoms with Crippen molar-refractivity contribution in [3.8, 4) is 39.8 Å². The number of hydrogen-bond donors (Lipinski definition) is 0. The summed E-state index contributed by atoms with van der Waals surface area (Å²) in [5, 5.41) is 2.44. The molecule has 0 amide bonds. The number of aromatic nitrogens is 1. The average molecular weight is 706 g/mol. The third kappa shape index (κ3) is 3.51. The molecule has 3 aliphatic heterocycles. The minimum atomic E-state index is -0.464. The minimum absolute atomic E-state index is 0.0254. The largest absolute Gasteiger partial charge is 0.458 e. The Morgan fingerprint density at radius 3 is 1.76 bits per heavy atom. The van der Waals surface area contributed by atoms with E-state index in [0.29, 0.717) is 0 Å². The van der Waals surface area contributed by atoms with E-state index in [2.05, 4.69) is 174 Å². The summed E-state index contributed by atoms with van der Waals surface area (Å²) in [6.45, 7) is 0.0254. The predicted molar refractivity (Wildman–Crippen MR) is 220 cm³/mol. The molecule has 4 heterocycles. The van der Waals surface area contributed by atoms with Crippen molar-refractivity contribution >= 4 is 56.7 Å². The van der Waals surface area contributed by atoms with Crippen molar-refractivity contribution in [1.82, 2.24) is 4.57 Å². The zero-order valence-electron chi connectivity index (χ0n) is 28.9. The summed E-state index contributed by atoms with van der Waals surface area (Å²) in [6.07, 6.45) is 0. The summed E-state index contributed by atoms with van der Waals surface area (Å²) in [5.41, 5.74) is 14.2. The van der Waals surface area contributed by atoms with Gasteiger partial charge in [-0.25, -0.2) is 0 Å². The molecule has 1 aliphatic carbocycles. The van der Waals surface area contributed by atoms with Gasteiger partial charge in [-0.3, -0.25) is 0 Å². The smallest absolute Gasteiger partial charge is 0.260 e. The highest BCUT2D eigenvalue weighted by molar-refractivity contribution is 7.99. The van der Waals surface area contributed by atoms with E-state index in [1.807, 2.05) is 11.8 Å². The Hall–Kier alpha value is -6.43. The van der Waals surface area contributed by atoms with Crippen LogP contribution >= 0.6 is 11.8 Å². The molecule has 0 atom stereocenters. The quantitative estimate of drug-likeness (QED) is 0.159. The van der Waals surface area contributed by atoms with Crippen molar-refractivity contribution < 1.29 is 9.47 Å². The maximum atomic E-state index is 6.82. The monoisotopic (exact) mass is 705 g/mol. The minimum Gasteiger partial charge on any atom is -0.458 e. The molecule has 250 valence electrons. The van der Waals surface area contributed by atoms with Gasteiger partial charge in [0.05, 0.1) is 22.1 Å². The summed E-state index contributed by atoms with van der Waals surface area (Å²) < 4.78 is 16.1. The first-order valence-corrected chi connectivity index (χ1v) is 19.4. The molecular weight excluding hydrogens is 677 g/mol. The molecule has 3 nitrogen and oxygen atoms in total. The molecule has 0 N–H and O–H groups in total. The number of nitrogens with zero attached hydrogens (tertiary/aromatic N) is 1. The van der Waals surface area contributed by atoms with E-state index in [4.69, 9.17) is 9.47 Å². The van der Waals surface area contributed by atoms with Crippen LogP contribution in [-0.4, -0.2) is 11.3 Å². The molecule has 0 bridgehead atoms. The third-order valence-electron chi connectivity index (χ3n) is 12.2. The van der Waals surface area contributed by atoms with Crippen LogP contribution in [0, 0.1) is 0 Å². The number of benzene rings is 8. The van der Waals surface area contributed by atoms with Gasteiger partial charge in [0.1, 0.15) is 23.0 Å². The van der Waals surface area contributed by atoms with Gasteiger partial charge in [0.2, 0.25) is 0 Å². The highest BCUT2D eigenvalue weighted by Crippen LogP contribution is 2.63. The Balaban J connectivity index is 1.16. The molecule has 54 heavy (non-hydrogen) atoms. The van der Waals surface area contributed by atoms with Crippen LogP contribution in [0.5, 0.6) is 23.0 Å². The van der Waals surface area contributed by atoms with E-state index in [-0.39, 0.29) is 6.71 Å². The van der Waals surface area contributed by atoms with Gasteiger partial charge >= 0.3 is 0 Å². The van der Waals surface area contributed by atoms with Crippen LogP contribution in [0.2, 0.25) is 0 Å². The lowest BCUT2D eigenvalue weighted by molar-refractivity contribution is 0.464. The van der Waals surface area contributed by atoms with Crippen molar-refractivity contribution in [3.63, 3.8) is 0 Å². The lowest BCUT2D eigenvalue weighted by atomic mass is 9.35. The van der Waals surface area contributed by atoms with E-state index in [9.17, 15) is 0 Å². The van der Waals surface area contributed by atoms with Gasteiger partial charge in [-0.2, -0.15) is 0 Å². The zero-order valence-corrected chi connectivity index (χ0v) is 29.7. The maximum Gasteiger partial charge on any atom is 0.260 e. The second-order valence-electron chi connectivity index (χ2n) is 14.7. The molecule has 0 saturated carbocycles. The first-order valence-electron chi connectivity index (χ1n) is 18.5. The molecular formula is C49H28BNO2S. The van der Waals surface area contributed by atoms with Crippen molar-refractivity contribution in [2.24, 2.45) is 0 Å². The fourth-order valence-electron chi connectivity index (χ4n) is 10.2. The molecule has 0 radical (unpaired) electrons. The molecule has 0 unspecified atom stereocenters. The maximum absolute atomic E-state index is 6.82. The van der Waals surface area contributed by atoms with Crippen molar-refractivity contribution in [3.05, 3.63) is 192 Å². The molecule has 8 aromatic carbocycles. The number of fused-ring (bicyclic) bond motifs is 17. The fourth-order valence-corrected chi connectivity index (χ4v) is 11.4. The molecule has 1 aromatic heterocycles. The van der Waals surface area contributed by atoms with Crippen molar-refractivity contribution in [2.75, 3.05) is 0 Å². The first-order chi connectivity index (χ1) is 26.8. The SMILES string of the molecule is c1ccc2c(c1)Oc1cc(-n3c4ccccc4c4ccc5c(c43)-c3ccccc3C53c4ccccc4Sc4ccccc43)cc3c1B2c1ccccc1O3. The molecule has 0 saturated heterocycles. The molecule has 4 aliphatic rings. The lowest BCUT2D eigenvalue weighted by Gasteiger charge is -2.39. The fraction of sp³-hybridized carbons (Fsp3) is 0.0204. The lowest BCUT2D eigenvalue weighted by Crippen LogP contribution is -2.57. The van der Waals surface area contributed by atoms with Crippen LogP contribution in [0.3, 0.4) is 0 Å². The summed E-state index contributed by atoms with van der Waals surface area (Å²) >= 11 is 1.88. The zero-order chi connectivity index (χ0) is 35.1. The summed E-state index contributed by atoms with van der Waals surface area (Å²) in [7, 11) is 0. The average Bonchev–Trinajstić information content (AvgIpc) is 3.72. The van der Waals surface area contributed by atoms with Gasteiger partial charge in [0.15, 0.2) is 0 Å². The van der Waals surface area contributed by atoms with Gasteiger partial charge in [0.25, 0.3) is 6.71 Å². The topological polar surface area (TPSA) is 23.4 Å². The van der Waals surface area contributed by atoms with Crippen LogP contribution in [0.25, 0.3) is 38.6 Å². The second kappa shape index (κ2) is 10.4. The number of para-hydroxylation sites is 3. The second-order valence-corrected chi connectivity index (χ2v) is 15.8. The normalized spacial score (nSPS) is 14.6. The molecule has 5 heteroatoms. The number of hydrogen-bond acceptors (Lipinski definition) is 3. The van der Waals surface area contributed by atoms with Crippen LogP contribution in [-0.2, 0) is 5.41 Å². The Labute approximate surface area is 316 Å². The van der Waals surface area contributed by atoms with Gasteiger partial charge in [0, 0.05) is 43.7 Å². The van der Waals surface area contributed by atoms with Gasteiger partial charge in [-0.15, -0.1) is 0 Å². The Bertz CT molecular complexity index is 3010. The Morgan fingerprint density at radius 2 is 1.06 bits per heavy atom. The van der Waals surface area contributed by atoms with Gasteiger partial charge in [-0.1, -0.05) is 139 Å². The number of rotatable bonds is 1. The van der Waals surface area contributed by atoms with E-state index in [1.165, 1.54) is 59.5 Å². The highest BCUT2D eigenvalue weighted by atomic mass is 32.2. The summed E-state index contributed by atoms with van der Waals surface area (Å²) in [5.74, 6) is 3.45. The number of ether oxygens (including phenoxy) is 2. The van der Waals surface area contributed by atoms with Gasteiger partial charge < -0.3 is 14.0 Å². The summed E-state index contributed by atoms with van der Waals surface area (Å²) in [6, 6.07) is 62.1. The first kappa shape index (κ1) is 29.1. The van der Waals surface area contributed by atoms with Crippen LogP contribution in [0.1, 0.15) is 22.3 Å². The standard InChI is InChI=1S/C49H28BNO2S/c1-3-15-33-32(14-1)46-36(49(33)34-16-4-11-23-44(34)54-45-24-12-5-17-35(45)49)26-25-31-30-13-2-8-20-39(30)51(48(31)46)29-27-42-47-43(28-29)53-41-22-10-7-19-38(41)50(47)37-18-6-9-21-40(37)52-42/h1-28H. The Kier molecular flexibility index (Phi) is 5.59. The molecule has 9 aromatic rings. The Morgan fingerprint density at radius 1 is 0.481 bits per heavy atom. The highest BCUT2D eigenvalue weighted by Gasteiger charge is 2.51. The molecule has 13 rings (SSSR count). The van der Waals surface area contributed by atoms with Crippen LogP contribution in [0.15, 0.2) is 180 Å². The van der Waals surface area contributed by atoms with E-state index in [1.54, 1.807) is 0 Å². The molecule has 1 spiro atoms. The van der Waals surface area contributed by atoms with E-state index < -0.39 is 5.41 Å². The van der Waals surface area contributed by atoms with Crippen LogP contribution in [0.4, 0.5) is 0 Å². The van der Waals surface area contributed by atoms with Crippen molar-refractivity contribution in [1.29, 1.82) is 0 Å². The predicted octanol–water partition coefficient (Wildman–Crippen LogP) is 10.3. The van der Waals surface area contributed by atoms with E-state index in [0.717, 1.165) is 50.6 Å². The van der Waals surface area contributed by atoms with Crippen LogP contribution < -0.4 is 25.9 Å². The third-order valence-corrected chi connectivity index (χ3v) is 13.3. The summed E-state index contributed by atoms with van der Waals surface area (Å²) in [4.78, 5) is 2.61. The van der Waals surface area contributed by atoms with Gasteiger partial charge in [-0.05, 0) is 69.1 Å². The van der Waals surface area contributed by atoms with Crippen molar-refractivity contribution in [2.45, 2.75) is 15.2 Å². The molecule has 0 fully saturated rings. The van der Waals surface area contributed by atoms with E-state index >= 15 is 0 Å².